The van der Waals surface area contributed by atoms with Gasteiger partial charge in [-0.15, -0.1) is 0 Å². The van der Waals surface area contributed by atoms with Crippen molar-refractivity contribution < 1.29 is 9.29 Å². The highest BCUT2D eigenvalue weighted by Gasteiger charge is 2.25. The summed E-state index contributed by atoms with van der Waals surface area (Å²) in [4.78, 5) is 21.5. The summed E-state index contributed by atoms with van der Waals surface area (Å²) in [6.07, 6.45) is 2.42. The average molecular weight is 299 g/mol. The van der Waals surface area contributed by atoms with Gasteiger partial charge in [-0.2, -0.15) is 4.98 Å². The first-order valence-electron chi connectivity index (χ1n) is 5.86. The SMILES string of the molecule is Cn1c(C2CCOC2)nc2sc([S+](C)[O-])nc2c1=O. The molecule has 0 amide bonds. The van der Waals surface area contributed by atoms with Crippen LogP contribution in [0.4, 0.5) is 0 Å². The number of nitrogens with zero attached hydrogens (tertiary/aromatic N) is 3. The summed E-state index contributed by atoms with van der Waals surface area (Å²) in [5, 5.41) is 0. The Morgan fingerprint density at radius 2 is 2.32 bits per heavy atom. The van der Waals surface area contributed by atoms with Crippen LogP contribution in [0.15, 0.2) is 9.13 Å². The molecule has 0 aliphatic carbocycles. The number of ether oxygens (including phenoxy) is 1. The number of rotatable bonds is 2. The topological polar surface area (TPSA) is 80.1 Å². The van der Waals surface area contributed by atoms with Crippen LogP contribution in [0.3, 0.4) is 0 Å². The second-order valence-electron chi connectivity index (χ2n) is 4.48. The van der Waals surface area contributed by atoms with Crippen LogP contribution in [0.1, 0.15) is 18.2 Å². The molecule has 1 saturated heterocycles. The van der Waals surface area contributed by atoms with Crippen LogP contribution in [-0.2, 0) is 23.0 Å². The second kappa shape index (κ2) is 4.86. The van der Waals surface area contributed by atoms with Gasteiger partial charge < -0.3 is 9.29 Å². The lowest BCUT2D eigenvalue weighted by molar-refractivity contribution is 0.192. The Balaban J connectivity index is 2.19. The molecule has 8 heteroatoms. The highest BCUT2D eigenvalue weighted by molar-refractivity contribution is 7.92. The maximum absolute atomic E-state index is 12.3. The van der Waals surface area contributed by atoms with Crippen molar-refractivity contribution in [1.29, 1.82) is 0 Å². The lowest BCUT2D eigenvalue weighted by atomic mass is 10.1. The molecule has 3 heterocycles. The number of thiazole rings is 1. The molecular formula is C11H13N3O3S2. The normalized spacial score (nSPS) is 21.1. The van der Waals surface area contributed by atoms with Gasteiger partial charge in [-0.1, -0.05) is 0 Å². The zero-order valence-electron chi connectivity index (χ0n) is 10.6. The van der Waals surface area contributed by atoms with Crippen molar-refractivity contribution in [1.82, 2.24) is 14.5 Å². The Labute approximate surface area is 116 Å². The quantitative estimate of drug-likeness (QED) is 0.760. The standard InChI is InChI=1S/C11H13N3O3S2/c1-14-8(6-3-4-17-5-6)13-9-7(10(14)15)12-11(18-9)19(2)16/h6H,3-5H2,1-2H3. The Bertz CT molecular complexity index is 674. The van der Waals surface area contributed by atoms with Gasteiger partial charge in [0.2, 0.25) is 0 Å². The highest BCUT2D eigenvalue weighted by Crippen LogP contribution is 2.26. The van der Waals surface area contributed by atoms with Crippen molar-refractivity contribution >= 4 is 32.9 Å². The van der Waals surface area contributed by atoms with Crippen LogP contribution in [0.5, 0.6) is 0 Å². The molecule has 3 rings (SSSR count). The van der Waals surface area contributed by atoms with Gasteiger partial charge in [0.05, 0.1) is 6.61 Å². The van der Waals surface area contributed by atoms with Gasteiger partial charge >= 0.3 is 4.34 Å². The molecular weight excluding hydrogens is 286 g/mol. The van der Waals surface area contributed by atoms with E-state index in [1.807, 2.05) is 0 Å². The van der Waals surface area contributed by atoms with Gasteiger partial charge in [-0.25, -0.2) is 4.98 Å². The van der Waals surface area contributed by atoms with E-state index in [0.29, 0.717) is 27.9 Å². The van der Waals surface area contributed by atoms with Crippen LogP contribution in [0.2, 0.25) is 0 Å². The lowest BCUT2D eigenvalue weighted by Crippen LogP contribution is -2.24. The van der Waals surface area contributed by atoms with Crippen molar-refractivity contribution in [2.45, 2.75) is 16.7 Å². The Kier molecular flexibility index (Phi) is 3.34. The fraction of sp³-hybridized carbons (Fsp3) is 0.545. The van der Waals surface area contributed by atoms with Crippen LogP contribution < -0.4 is 5.56 Å². The zero-order valence-corrected chi connectivity index (χ0v) is 12.2. The highest BCUT2D eigenvalue weighted by atomic mass is 32.2. The van der Waals surface area contributed by atoms with Crippen LogP contribution in [0.25, 0.3) is 10.3 Å². The number of aromatic nitrogens is 3. The summed E-state index contributed by atoms with van der Waals surface area (Å²) in [6, 6.07) is 0. The van der Waals surface area contributed by atoms with E-state index in [1.54, 1.807) is 13.3 Å². The van der Waals surface area contributed by atoms with Gasteiger partial charge in [-0.3, -0.25) is 9.36 Å². The van der Waals surface area contributed by atoms with E-state index in [9.17, 15) is 9.35 Å². The van der Waals surface area contributed by atoms with Gasteiger partial charge in [0, 0.05) is 30.7 Å². The minimum atomic E-state index is -1.19. The van der Waals surface area contributed by atoms with Gasteiger partial charge in [0.15, 0.2) is 10.3 Å². The fourth-order valence-corrected chi connectivity index (χ4v) is 3.77. The third-order valence-electron chi connectivity index (χ3n) is 3.20. The molecule has 102 valence electrons. The minimum absolute atomic E-state index is 0.153. The Morgan fingerprint density at radius 3 is 2.95 bits per heavy atom. The van der Waals surface area contributed by atoms with Crippen molar-refractivity contribution in [3.05, 3.63) is 16.2 Å². The molecule has 1 aliphatic heterocycles. The average Bonchev–Trinajstić information content (AvgIpc) is 3.02. The molecule has 6 nitrogen and oxygen atoms in total. The number of hydrogen-bond acceptors (Lipinski definition) is 6. The van der Waals surface area contributed by atoms with E-state index < -0.39 is 11.2 Å². The van der Waals surface area contributed by atoms with E-state index in [4.69, 9.17) is 4.74 Å². The summed E-state index contributed by atoms with van der Waals surface area (Å²) in [7, 11) is 1.70. The predicted octanol–water partition coefficient (Wildman–Crippen LogP) is 0.631. The molecule has 2 aromatic rings. The van der Waals surface area contributed by atoms with Crippen molar-refractivity contribution in [3.8, 4) is 0 Å². The van der Waals surface area contributed by atoms with Crippen molar-refractivity contribution in [2.24, 2.45) is 7.05 Å². The summed E-state index contributed by atoms with van der Waals surface area (Å²) in [5.41, 5.74) is 0.125. The summed E-state index contributed by atoms with van der Waals surface area (Å²) >= 11 is 0.0342. The molecule has 2 aromatic heterocycles. The van der Waals surface area contributed by atoms with E-state index in [0.717, 1.165) is 12.2 Å². The molecule has 2 atom stereocenters. The van der Waals surface area contributed by atoms with E-state index >= 15 is 0 Å². The molecule has 0 bridgehead atoms. The molecule has 0 spiro atoms. The molecule has 0 aromatic carbocycles. The van der Waals surface area contributed by atoms with E-state index in [-0.39, 0.29) is 11.5 Å². The molecule has 0 radical (unpaired) electrons. The van der Waals surface area contributed by atoms with E-state index in [2.05, 4.69) is 9.97 Å². The predicted molar refractivity (Wildman–Crippen MR) is 73.2 cm³/mol. The maximum atomic E-state index is 12.3. The summed E-state index contributed by atoms with van der Waals surface area (Å²) in [6.45, 7) is 1.29. The molecule has 0 N–H and O–H groups in total. The smallest absolute Gasteiger partial charge is 0.304 e. The lowest BCUT2D eigenvalue weighted by Gasteiger charge is -2.11. The molecule has 0 saturated carbocycles. The fourth-order valence-electron chi connectivity index (χ4n) is 2.18. The first-order chi connectivity index (χ1) is 9.08. The van der Waals surface area contributed by atoms with Gasteiger partial charge in [0.25, 0.3) is 5.56 Å². The first-order valence-corrected chi connectivity index (χ1v) is 8.24. The Morgan fingerprint density at radius 1 is 1.53 bits per heavy atom. The number of fused-ring (bicyclic) bond motifs is 1. The van der Waals surface area contributed by atoms with Crippen LogP contribution in [0, 0.1) is 0 Å². The minimum Gasteiger partial charge on any atom is -0.610 e. The van der Waals surface area contributed by atoms with Crippen molar-refractivity contribution in [2.75, 3.05) is 19.5 Å². The first kappa shape index (κ1) is 13.0. The monoisotopic (exact) mass is 299 g/mol. The van der Waals surface area contributed by atoms with Crippen LogP contribution >= 0.6 is 11.3 Å². The van der Waals surface area contributed by atoms with E-state index in [1.165, 1.54) is 15.9 Å². The summed E-state index contributed by atoms with van der Waals surface area (Å²) in [5.74, 6) is 0.881. The third-order valence-corrected chi connectivity index (χ3v) is 5.48. The second-order valence-corrected chi connectivity index (χ2v) is 7.01. The van der Waals surface area contributed by atoms with Crippen LogP contribution in [-0.4, -0.2) is 38.6 Å². The molecule has 1 fully saturated rings. The van der Waals surface area contributed by atoms with Gasteiger partial charge in [0.1, 0.15) is 12.1 Å². The largest absolute Gasteiger partial charge is 0.610 e. The summed E-state index contributed by atoms with van der Waals surface area (Å²) < 4.78 is 18.8. The molecule has 2 unspecified atom stereocenters. The maximum Gasteiger partial charge on any atom is 0.304 e. The number of hydrogen-bond donors (Lipinski definition) is 0. The molecule has 1 aliphatic rings. The van der Waals surface area contributed by atoms with Gasteiger partial charge in [-0.05, 0) is 17.8 Å². The molecule has 19 heavy (non-hydrogen) atoms. The third kappa shape index (κ3) is 2.18. The zero-order chi connectivity index (χ0) is 13.6. The Hall–Kier alpha value is -0.960. The van der Waals surface area contributed by atoms with Crippen molar-refractivity contribution in [3.63, 3.8) is 0 Å².